The van der Waals surface area contributed by atoms with Gasteiger partial charge in [0.2, 0.25) is 5.91 Å². The highest BCUT2D eigenvalue weighted by molar-refractivity contribution is 5.84. The predicted octanol–water partition coefficient (Wildman–Crippen LogP) is 3.54. The van der Waals surface area contributed by atoms with Crippen LogP contribution < -0.4 is 0 Å². The smallest absolute Gasteiger partial charge is 0.226 e. The van der Waals surface area contributed by atoms with Crippen LogP contribution in [0.3, 0.4) is 0 Å². The van der Waals surface area contributed by atoms with Crippen molar-refractivity contribution >= 4 is 5.91 Å². The van der Waals surface area contributed by atoms with E-state index in [2.05, 4.69) is 16.7 Å². The van der Waals surface area contributed by atoms with Crippen molar-refractivity contribution in [1.82, 2.24) is 9.80 Å². The lowest BCUT2D eigenvalue weighted by atomic mass is 10.0. The molecule has 3 nitrogen and oxygen atoms in total. The molecular weight excluding hydrogens is 322 g/mol. The third-order valence-corrected chi connectivity index (χ3v) is 6.07. The molecule has 0 spiro atoms. The molecule has 0 aromatic heterocycles. The summed E-state index contributed by atoms with van der Waals surface area (Å²) in [6.07, 6.45) is 5.10. The summed E-state index contributed by atoms with van der Waals surface area (Å²) in [5, 5.41) is 0. The maximum Gasteiger partial charge on any atom is 0.226 e. The first kappa shape index (κ1) is 17.0. The first-order valence-corrected chi connectivity index (χ1v) is 9.58. The van der Waals surface area contributed by atoms with Gasteiger partial charge in [-0.25, -0.2) is 8.78 Å². The fraction of sp³-hybridized carbons (Fsp3) is 0.650. The van der Waals surface area contributed by atoms with E-state index in [0.29, 0.717) is 12.1 Å². The van der Waals surface area contributed by atoms with Crippen LogP contribution in [0.1, 0.15) is 50.5 Å². The molecule has 0 radical (unpaired) electrons. The number of amides is 1. The lowest BCUT2D eigenvalue weighted by Crippen LogP contribution is -2.49. The second-order valence-electron chi connectivity index (χ2n) is 7.76. The van der Waals surface area contributed by atoms with Crippen molar-refractivity contribution in [3.63, 3.8) is 0 Å². The number of halogens is 2. The Balaban J connectivity index is 1.43. The highest BCUT2D eigenvalue weighted by Crippen LogP contribution is 2.50. The Morgan fingerprint density at radius 2 is 1.80 bits per heavy atom. The zero-order valence-corrected chi connectivity index (χ0v) is 14.8. The fourth-order valence-electron chi connectivity index (χ4n) is 4.30. The van der Waals surface area contributed by atoms with Gasteiger partial charge < -0.3 is 9.80 Å². The summed E-state index contributed by atoms with van der Waals surface area (Å²) < 4.78 is 26.6. The summed E-state index contributed by atoms with van der Waals surface area (Å²) in [5.41, 5.74) is 0.758. The van der Waals surface area contributed by atoms with Gasteiger partial charge in [-0.2, -0.15) is 0 Å². The van der Waals surface area contributed by atoms with E-state index < -0.39 is 11.6 Å². The Kier molecular flexibility index (Phi) is 4.52. The quantitative estimate of drug-likeness (QED) is 0.812. The monoisotopic (exact) mass is 348 g/mol. The predicted molar refractivity (Wildman–Crippen MR) is 92.2 cm³/mol. The van der Waals surface area contributed by atoms with Crippen molar-refractivity contribution in [2.75, 3.05) is 19.6 Å². The third kappa shape index (κ3) is 3.43. The molecule has 1 heterocycles. The maximum atomic E-state index is 13.5. The number of carbonyl (C=O) groups is 1. The van der Waals surface area contributed by atoms with Crippen molar-refractivity contribution in [2.24, 2.45) is 5.92 Å². The minimum absolute atomic E-state index is 0.0466. The average molecular weight is 348 g/mol. The highest BCUT2D eigenvalue weighted by Gasteiger charge is 2.50. The standard InChI is InChI=1S/C20H26F2N2O/c1-2-23-9-7-15(8-10-23)24(14-4-5-14)20(25)17-12-16(17)13-3-6-18(21)19(22)11-13/h3,6,11,14-17H,2,4-5,7-10,12H2,1H3. The zero-order valence-electron chi connectivity index (χ0n) is 14.8. The molecule has 1 saturated heterocycles. The van der Waals surface area contributed by atoms with Crippen molar-refractivity contribution in [2.45, 2.75) is 57.0 Å². The number of nitrogens with zero attached hydrogens (tertiary/aromatic N) is 2. The van der Waals surface area contributed by atoms with Gasteiger partial charge in [-0.3, -0.25) is 4.79 Å². The van der Waals surface area contributed by atoms with Gasteiger partial charge >= 0.3 is 0 Å². The van der Waals surface area contributed by atoms with E-state index in [-0.39, 0.29) is 17.7 Å². The van der Waals surface area contributed by atoms with Crippen LogP contribution in [0.15, 0.2) is 18.2 Å². The molecule has 0 N–H and O–H groups in total. The molecule has 4 rings (SSSR count). The van der Waals surface area contributed by atoms with Gasteiger partial charge in [-0.15, -0.1) is 0 Å². The molecule has 136 valence electrons. The Hall–Kier alpha value is -1.49. The SMILES string of the molecule is CCN1CCC(N(C(=O)C2CC2c2ccc(F)c(F)c2)C2CC2)CC1. The van der Waals surface area contributed by atoms with E-state index in [1.807, 2.05) is 0 Å². The van der Waals surface area contributed by atoms with Crippen molar-refractivity contribution in [3.8, 4) is 0 Å². The Bertz CT molecular complexity index is 653. The summed E-state index contributed by atoms with van der Waals surface area (Å²) in [7, 11) is 0. The van der Waals surface area contributed by atoms with E-state index in [1.165, 1.54) is 12.1 Å². The van der Waals surface area contributed by atoms with Gasteiger partial charge in [0.1, 0.15) is 0 Å². The topological polar surface area (TPSA) is 23.6 Å². The summed E-state index contributed by atoms with van der Waals surface area (Å²) in [4.78, 5) is 17.7. The van der Waals surface area contributed by atoms with E-state index >= 15 is 0 Å². The zero-order chi connectivity index (χ0) is 17.6. The van der Waals surface area contributed by atoms with Crippen molar-refractivity contribution < 1.29 is 13.6 Å². The van der Waals surface area contributed by atoms with Crippen LogP contribution in [0.25, 0.3) is 0 Å². The second kappa shape index (κ2) is 6.67. The molecule has 3 fully saturated rings. The molecule has 2 unspecified atom stereocenters. The number of rotatable bonds is 5. The molecule has 3 aliphatic rings. The summed E-state index contributed by atoms with van der Waals surface area (Å²) in [5.74, 6) is -1.39. The molecule has 5 heteroatoms. The van der Waals surface area contributed by atoms with E-state index in [4.69, 9.17) is 0 Å². The van der Waals surface area contributed by atoms with Crippen LogP contribution in [0.2, 0.25) is 0 Å². The van der Waals surface area contributed by atoms with Gasteiger partial charge in [0.25, 0.3) is 0 Å². The van der Waals surface area contributed by atoms with Crippen LogP contribution in [0.4, 0.5) is 8.78 Å². The summed E-state index contributed by atoms with van der Waals surface area (Å²) in [6, 6.07) is 4.82. The number of benzene rings is 1. The fourth-order valence-corrected chi connectivity index (χ4v) is 4.30. The molecule has 1 amide bonds. The van der Waals surface area contributed by atoms with Crippen molar-refractivity contribution in [1.29, 1.82) is 0 Å². The Morgan fingerprint density at radius 3 is 2.40 bits per heavy atom. The summed E-state index contributed by atoms with van der Waals surface area (Å²) >= 11 is 0. The number of likely N-dealkylation sites (tertiary alicyclic amines) is 1. The van der Waals surface area contributed by atoms with Crippen LogP contribution in [-0.4, -0.2) is 47.4 Å². The van der Waals surface area contributed by atoms with Crippen molar-refractivity contribution in [3.05, 3.63) is 35.4 Å². The minimum atomic E-state index is -0.824. The third-order valence-electron chi connectivity index (χ3n) is 6.07. The van der Waals surface area contributed by atoms with E-state index in [9.17, 15) is 13.6 Å². The van der Waals surface area contributed by atoms with Gasteiger partial charge in [-0.1, -0.05) is 13.0 Å². The number of hydrogen-bond acceptors (Lipinski definition) is 2. The molecule has 1 aliphatic heterocycles. The molecule has 0 bridgehead atoms. The molecule has 25 heavy (non-hydrogen) atoms. The van der Waals surface area contributed by atoms with Gasteiger partial charge in [0.15, 0.2) is 11.6 Å². The average Bonchev–Trinajstić information content (AvgIpc) is 3.52. The first-order valence-electron chi connectivity index (χ1n) is 9.58. The maximum absolute atomic E-state index is 13.5. The lowest BCUT2D eigenvalue weighted by molar-refractivity contribution is -0.136. The molecule has 2 atom stereocenters. The number of carbonyl (C=O) groups excluding carboxylic acids is 1. The Morgan fingerprint density at radius 1 is 1.12 bits per heavy atom. The minimum Gasteiger partial charge on any atom is -0.336 e. The van der Waals surface area contributed by atoms with Gasteiger partial charge in [0, 0.05) is 31.1 Å². The largest absolute Gasteiger partial charge is 0.336 e. The molecule has 2 saturated carbocycles. The van der Waals surface area contributed by atoms with Crippen LogP contribution in [0, 0.1) is 17.6 Å². The molecule has 1 aromatic rings. The number of piperidine rings is 1. The van der Waals surface area contributed by atoms with Gasteiger partial charge in [-0.05, 0) is 62.3 Å². The highest BCUT2D eigenvalue weighted by atomic mass is 19.2. The van der Waals surface area contributed by atoms with E-state index in [1.54, 1.807) is 6.07 Å². The van der Waals surface area contributed by atoms with Gasteiger partial charge in [0.05, 0.1) is 0 Å². The number of hydrogen-bond donors (Lipinski definition) is 0. The second-order valence-corrected chi connectivity index (χ2v) is 7.76. The summed E-state index contributed by atoms with van der Waals surface area (Å²) in [6.45, 7) is 5.38. The van der Waals surface area contributed by atoms with Crippen LogP contribution >= 0.6 is 0 Å². The lowest BCUT2D eigenvalue weighted by Gasteiger charge is -2.38. The van der Waals surface area contributed by atoms with E-state index in [0.717, 1.165) is 57.3 Å². The molecular formula is C20H26F2N2O. The first-order chi connectivity index (χ1) is 12.1. The van der Waals surface area contributed by atoms with Crippen LogP contribution in [0.5, 0.6) is 0 Å². The Labute approximate surface area is 148 Å². The normalized spacial score (nSPS) is 27.3. The van der Waals surface area contributed by atoms with Crippen LogP contribution in [-0.2, 0) is 4.79 Å². The molecule has 1 aromatic carbocycles. The molecule has 2 aliphatic carbocycles.